The van der Waals surface area contributed by atoms with Crippen molar-refractivity contribution in [1.82, 2.24) is 14.5 Å². The van der Waals surface area contributed by atoms with Crippen molar-refractivity contribution in [3.63, 3.8) is 0 Å². The van der Waals surface area contributed by atoms with E-state index >= 15 is 0 Å². The van der Waals surface area contributed by atoms with Gasteiger partial charge >= 0.3 is 0 Å². The lowest BCUT2D eigenvalue weighted by Gasteiger charge is -2.30. The van der Waals surface area contributed by atoms with E-state index < -0.39 is 10.0 Å². The van der Waals surface area contributed by atoms with Gasteiger partial charge in [0.1, 0.15) is 16.4 Å². The van der Waals surface area contributed by atoms with Gasteiger partial charge in [-0.2, -0.15) is 4.31 Å². The van der Waals surface area contributed by atoms with Gasteiger partial charge in [-0.05, 0) is 25.0 Å². The second kappa shape index (κ2) is 7.85. The summed E-state index contributed by atoms with van der Waals surface area (Å²) in [5.41, 5.74) is 0. The molecular formula is C18H25N3O5S. The number of rotatable bonds is 6. The second-order valence-corrected chi connectivity index (χ2v) is 8.73. The van der Waals surface area contributed by atoms with Gasteiger partial charge in [0.2, 0.25) is 21.8 Å². The molecule has 1 saturated heterocycles. The van der Waals surface area contributed by atoms with Crippen LogP contribution in [-0.4, -0.2) is 50.2 Å². The van der Waals surface area contributed by atoms with Crippen LogP contribution in [0.3, 0.4) is 0 Å². The van der Waals surface area contributed by atoms with E-state index in [1.807, 2.05) is 13.8 Å². The molecule has 0 unspecified atom stereocenters. The SMILES string of the molecule is COc1ccc(OC)c(S(=O)(=O)N2CCC(c3nnc(C(C)C)o3)CC2)c1. The monoisotopic (exact) mass is 395 g/mol. The molecule has 1 aromatic carbocycles. The Balaban J connectivity index is 1.76. The van der Waals surface area contributed by atoms with Crippen molar-refractivity contribution >= 4 is 10.0 Å². The molecule has 0 spiro atoms. The molecule has 0 amide bonds. The Morgan fingerprint density at radius 1 is 1.15 bits per heavy atom. The van der Waals surface area contributed by atoms with Crippen molar-refractivity contribution in [2.45, 2.75) is 43.4 Å². The van der Waals surface area contributed by atoms with E-state index in [0.717, 1.165) is 0 Å². The molecule has 1 aliphatic rings. The van der Waals surface area contributed by atoms with Crippen LogP contribution in [-0.2, 0) is 10.0 Å². The van der Waals surface area contributed by atoms with E-state index in [1.54, 1.807) is 12.1 Å². The Hall–Kier alpha value is -2.13. The third-order valence-electron chi connectivity index (χ3n) is 4.74. The lowest BCUT2D eigenvalue weighted by atomic mass is 9.98. The molecule has 0 radical (unpaired) electrons. The van der Waals surface area contributed by atoms with Gasteiger partial charge in [-0.25, -0.2) is 8.42 Å². The van der Waals surface area contributed by atoms with E-state index in [-0.39, 0.29) is 16.7 Å². The number of aromatic nitrogens is 2. The zero-order valence-electron chi connectivity index (χ0n) is 16.0. The number of ether oxygens (including phenoxy) is 2. The largest absolute Gasteiger partial charge is 0.497 e. The summed E-state index contributed by atoms with van der Waals surface area (Å²) >= 11 is 0. The second-order valence-electron chi connectivity index (χ2n) is 6.83. The summed E-state index contributed by atoms with van der Waals surface area (Å²) in [5.74, 6) is 2.22. The smallest absolute Gasteiger partial charge is 0.246 e. The summed E-state index contributed by atoms with van der Waals surface area (Å²) in [4.78, 5) is 0.114. The van der Waals surface area contributed by atoms with Crippen LogP contribution in [0.4, 0.5) is 0 Å². The van der Waals surface area contributed by atoms with Gasteiger partial charge in [-0.1, -0.05) is 13.8 Å². The maximum absolute atomic E-state index is 13.1. The third-order valence-corrected chi connectivity index (χ3v) is 6.66. The Morgan fingerprint density at radius 2 is 1.85 bits per heavy atom. The van der Waals surface area contributed by atoms with Crippen molar-refractivity contribution in [1.29, 1.82) is 0 Å². The number of hydrogen-bond acceptors (Lipinski definition) is 7. The van der Waals surface area contributed by atoms with Crippen LogP contribution in [0.2, 0.25) is 0 Å². The molecular weight excluding hydrogens is 370 g/mol. The first-order valence-corrected chi connectivity index (χ1v) is 10.4. The molecule has 1 aromatic heterocycles. The van der Waals surface area contributed by atoms with Crippen molar-refractivity contribution in [3.8, 4) is 11.5 Å². The van der Waals surface area contributed by atoms with E-state index in [9.17, 15) is 8.42 Å². The first-order chi connectivity index (χ1) is 12.9. The molecule has 1 fully saturated rings. The predicted octanol–water partition coefficient (Wildman–Crippen LogP) is 2.78. The summed E-state index contributed by atoms with van der Waals surface area (Å²) < 4.78 is 43.8. The van der Waals surface area contributed by atoms with Gasteiger partial charge < -0.3 is 13.9 Å². The topological polar surface area (TPSA) is 94.8 Å². The number of nitrogens with zero attached hydrogens (tertiary/aromatic N) is 3. The van der Waals surface area contributed by atoms with Crippen LogP contribution in [0, 0.1) is 0 Å². The number of hydrogen-bond donors (Lipinski definition) is 0. The fourth-order valence-electron chi connectivity index (χ4n) is 3.11. The first kappa shape index (κ1) is 19.6. The fourth-order valence-corrected chi connectivity index (χ4v) is 4.75. The van der Waals surface area contributed by atoms with Crippen LogP contribution >= 0.6 is 0 Å². The minimum Gasteiger partial charge on any atom is -0.497 e. The van der Waals surface area contributed by atoms with Crippen molar-refractivity contribution in [2.75, 3.05) is 27.3 Å². The Bertz CT molecular complexity index is 886. The minimum absolute atomic E-state index is 0.0728. The van der Waals surface area contributed by atoms with Crippen LogP contribution in [0.1, 0.15) is 50.3 Å². The summed E-state index contributed by atoms with van der Waals surface area (Å²) in [6, 6.07) is 4.77. The van der Waals surface area contributed by atoms with Crippen LogP contribution in [0.15, 0.2) is 27.5 Å². The van der Waals surface area contributed by atoms with E-state index in [1.165, 1.54) is 24.6 Å². The average molecular weight is 395 g/mol. The standard InChI is InChI=1S/C18H25N3O5S/c1-12(2)17-19-20-18(26-17)13-7-9-21(10-8-13)27(22,23)16-11-14(24-3)5-6-15(16)25-4/h5-6,11-13H,7-10H2,1-4H3. The number of benzene rings is 1. The van der Waals surface area contributed by atoms with E-state index in [2.05, 4.69) is 10.2 Å². The molecule has 2 heterocycles. The summed E-state index contributed by atoms with van der Waals surface area (Å²) in [6.45, 7) is 4.75. The number of piperidine rings is 1. The van der Waals surface area contributed by atoms with Gasteiger partial charge in [-0.3, -0.25) is 0 Å². The third kappa shape index (κ3) is 3.93. The maximum Gasteiger partial charge on any atom is 0.246 e. The molecule has 0 atom stereocenters. The minimum atomic E-state index is -3.69. The Morgan fingerprint density at radius 3 is 2.41 bits per heavy atom. The summed E-state index contributed by atoms with van der Waals surface area (Å²) in [7, 11) is -0.737. The van der Waals surface area contributed by atoms with E-state index in [4.69, 9.17) is 13.9 Å². The van der Waals surface area contributed by atoms with Crippen molar-refractivity contribution in [3.05, 3.63) is 30.0 Å². The zero-order chi connectivity index (χ0) is 19.6. The zero-order valence-corrected chi connectivity index (χ0v) is 16.8. The van der Waals surface area contributed by atoms with Crippen LogP contribution in [0.5, 0.6) is 11.5 Å². The highest BCUT2D eigenvalue weighted by Crippen LogP contribution is 2.34. The maximum atomic E-state index is 13.1. The molecule has 0 N–H and O–H groups in total. The Labute approximate surface area is 159 Å². The molecule has 27 heavy (non-hydrogen) atoms. The Kier molecular flexibility index (Phi) is 5.71. The van der Waals surface area contributed by atoms with Gasteiger partial charge in [-0.15, -0.1) is 10.2 Å². The van der Waals surface area contributed by atoms with Gasteiger partial charge in [0.15, 0.2) is 0 Å². The normalized spacial score (nSPS) is 16.6. The highest BCUT2D eigenvalue weighted by molar-refractivity contribution is 7.89. The molecule has 8 nitrogen and oxygen atoms in total. The van der Waals surface area contributed by atoms with Crippen LogP contribution < -0.4 is 9.47 Å². The fraction of sp³-hybridized carbons (Fsp3) is 0.556. The molecule has 0 saturated carbocycles. The van der Waals surface area contributed by atoms with Gasteiger partial charge in [0.25, 0.3) is 0 Å². The lowest BCUT2D eigenvalue weighted by molar-refractivity contribution is 0.284. The summed E-state index contributed by atoms with van der Waals surface area (Å²) in [6.07, 6.45) is 1.26. The number of sulfonamides is 1. The highest BCUT2D eigenvalue weighted by Gasteiger charge is 2.34. The molecule has 9 heteroatoms. The first-order valence-electron chi connectivity index (χ1n) is 8.92. The molecule has 0 bridgehead atoms. The molecule has 148 valence electrons. The number of methoxy groups -OCH3 is 2. The van der Waals surface area contributed by atoms with Crippen LogP contribution in [0.25, 0.3) is 0 Å². The quantitative estimate of drug-likeness (QED) is 0.742. The van der Waals surface area contributed by atoms with Crippen molar-refractivity contribution < 1.29 is 22.3 Å². The van der Waals surface area contributed by atoms with Gasteiger partial charge in [0.05, 0.1) is 14.2 Å². The van der Waals surface area contributed by atoms with Gasteiger partial charge in [0, 0.05) is 31.0 Å². The average Bonchev–Trinajstić information content (AvgIpc) is 3.18. The predicted molar refractivity (Wildman–Crippen MR) is 98.7 cm³/mol. The molecule has 1 aliphatic heterocycles. The summed E-state index contributed by atoms with van der Waals surface area (Å²) in [5, 5.41) is 8.20. The lowest BCUT2D eigenvalue weighted by Crippen LogP contribution is -2.38. The molecule has 0 aliphatic carbocycles. The van der Waals surface area contributed by atoms with Crippen molar-refractivity contribution in [2.24, 2.45) is 0 Å². The highest BCUT2D eigenvalue weighted by atomic mass is 32.2. The molecule has 2 aromatic rings. The van der Waals surface area contributed by atoms with E-state index in [0.29, 0.717) is 49.2 Å². The molecule has 3 rings (SSSR count).